The second-order valence-corrected chi connectivity index (χ2v) is 7.06. The predicted octanol–water partition coefficient (Wildman–Crippen LogP) is 3.25. The van der Waals surface area contributed by atoms with Gasteiger partial charge in [-0.2, -0.15) is 0 Å². The fraction of sp³-hybridized carbons (Fsp3) is 0.333. The molecule has 29 heavy (non-hydrogen) atoms. The fourth-order valence-electron chi connectivity index (χ4n) is 3.55. The van der Waals surface area contributed by atoms with Crippen molar-refractivity contribution in [1.82, 2.24) is 25.2 Å². The van der Waals surface area contributed by atoms with Crippen LogP contribution in [0, 0.1) is 0 Å². The van der Waals surface area contributed by atoms with Crippen LogP contribution in [0.5, 0.6) is 0 Å². The van der Waals surface area contributed by atoms with Gasteiger partial charge in [-0.25, -0.2) is 14.2 Å². The highest BCUT2D eigenvalue weighted by Crippen LogP contribution is 2.24. The predicted molar refractivity (Wildman–Crippen MR) is 110 cm³/mol. The molecule has 0 atom stereocenters. The highest BCUT2D eigenvalue weighted by atomic mass is 19.1. The Morgan fingerprint density at radius 3 is 2.72 bits per heavy atom. The summed E-state index contributed by atoms with van der Waals surface area (Å²) in [4.78, 5) is 27.2. The van der Waals surface area contributed by atoms with E-state index in [4.69, 9.17) is 0 Å². The second-order valence-electron chi connectivity index (χ2n) is 7.06. The molecule has 2 N–H and O–H groups in total. The molecule has 1 fully saturated rings. The van der Waals surface area contributed by atoms with Gasteiger partial charge in [-0.15, -0.1) is 0 Å². The van der Waals surface area contributed by atoms with Gasteiger partial charge < -0.3 is 10.2 Å². The molecule has 8 heteroatoms. The van der Waals surface area contributed by atoms with E-state index in [9.17, 15) is 9.18 Å². The van der Waals surface area contributed by atoms with Crippen molar-refractivity contribution in [2.45, 2.75) is 18.9 Å². The number of amides is 2. The number of nitrogens with zero attached hydrogens (tertiary/aromatic N) is 4. The minimum Gasteiger partial charge on any atom is -0.324 e. The van der Waals surface area contributed by atoms with Crippen molar-refractivity contribution in [3.63, 3.8) is 0 Å². The summed E-state index contributed by atoms with van der Waals surface area (Å²) in [5.41, 5.74) is 1.75. The number of carbonyl (C=O) groups is 1. The summed E-state index contributed by atoms with van der Waals surface area (Å²) >= 11 is 0. The Morgan fingerprint density at radius 2 is 1.97 bits per heavy atom. The molecule has 2 amide bonds. The van der Waals surface area contributed by atoms with E-state index < -0.39 is 0 Å². The van der Waals surface area contributed by atoms with Gasteiger partial charge in [0.2, 0.25) is 0 Å². The minimum atomic E-state index is -0.368. The van der Waals surface area contributed by atoms with Crippen LogP contribution in [-0.4, -0.2) is 58.2 Å². The zero-order valence-corrected chi connectivity index (χ0v) is 16.0. The molecule has 7 nitrogen and oxygen atoms in total. The number of rotatable bonds is 5. The van der Waals surface area contributed by atoms with Crippen molar-refractivity contribution in [2.75, 3.05) is 31.6 Å². The molecular formula is C21H23FN6O. The SMILES string of the molecule is O=C(Nc1cc2cc(-c3cnccn3)ccc2cn1)N1CCC(NCCF)CC1. The Morgan fingerprint density at radius 1 is 1.10 bits per heavy atom. The summed E-state index contributed by atoms with van der Waals surface area (Å²) in [7, 11) is 0. The summed E-state index contributed by atoms with van der Waals surface area (Å²) in [6, 6.07) is 7.95. The van der Waals surface area contributed by atoms with Gasteiger partial charge in [0.05, 0.1) is 11.9 Å². The normalized spacial score (nSPS) is 14.9. The lowest BCUT2D eigenvalue weighted by atomic mass is 10.1. The van der Waals surface area contributed by atoms with Gasteiger partial charge in [-0.1, -0.05) is 12.1 Å². The van der Waals surface area contributed by atoms with E-state index in [1.54, 1.807) is 29.7 Å². The number of benzene rings is 1. The van der Waals surface area contributed by atoms with Crippen molar-refractivity contribution in [2.24, 2.45) is 0 Å². The molecule has 1 aliphatic rings. The number of nitrogens with one attached hydrogen (secondary N) is 2. The Labute approximate surface area is 168 Å². The first-order valence-corrected chi connectivity index (χ1v) is 9.74. The number of halogens is 1. The van der Waals surface area contributed by atoms with Crippen molar-refractivity contribution in [3.8, 4) is 11.3 Å². The monoisotopic (exact) mass is 394 g/mol. The standard InChI is InChI=1S/C21H23FN6O/c22-5-6-24-18-3-9-28(10-4-18)21(29)27-20-12-17-11-15(1-2-16(17)13-26-20)19-14-23-7-8-25-19/h1-2,7-8,11-14,18,24H,3-6,9-10H2,(H,26,27,29). The molecule has 4 rings (SSSR count). The van der Waals surface area contributed by atoms with Crippen LogP contribution >= 0.6 is 0 Å². The van der Waals surface area contributed by atoms with Gasteiger partial charge in [-0.3, -0.25) is 15.3 Å². The van der Waals surface area contributed by atoms with Gasteiger partial charge >= 0.3 is 6.03 Å². The van der Waals surface area contributed by atoms with Gasteiger partial charge in [0, 0.05) is 55.2 Å². The molecule has 0 unspecified atom stereocenters. The van der Waals surface area contributed by atoms with Gasteiger partial charge in [0.25, 0.3) is 0 Å². The highest BCUT2D eigenvalue weighted by Gasteiger charge is 2.22. The smallest absolute Gasteiger partial charge is 0.323 e. The van der Waals surface area contributed by atoms with Crippen molar-refractivity contribution in [1.29, 1.82) is 0 Å². The molecular weight excluding hydrogens is 371 g/mol. The van der Waals surface area contributed by atoms with Crippen LogP contribution in [0.2, 0.25) is 0 Å². The first-order valence-electron chi connectivity index (χ1n) is 9.74. The number of likely N-dealkylation sites (tertiary alicyclic amines) is 1. The molecule has 0 spiro atoms. The number of hydrogen-bond donors (Lipinski definition) is 2. The molecule has 0 aliphatic carbocycles. The number of urea groups is 1. The molecule has 1 aliphatic heterocycles. The Kier molecular flexibility index (Phi) is 5.90. The van der Waals surface area contributed by atoms with Crippen LogP contribution in [-0.2, 0) is 0 Å². The maximum Gasteiger partial charge on any atom is 0.323 e. The zero-order chi connectivity index (χ0) is 20.1. The summed E-state index contributed by atoms with van der Waals surface area (Å²) < 4.78 is 12.3. The molecule has 150 valence electrons. The highest BCUT2D eigenvalue weighted by molar-refractivity contribution is 5.93. The zero-order valence-electron chi connectivity index (χ0n) is 16.0. The minimum absolute atomic E-state index is 0.161. The number of pyridine rings is 1. The maximum absolute atomic E-state index is 12.6. The van der Waals surface area contributed by atoms with Crippen LogP contribution in [0.3, 0.4) is 0 Å². The van der Waals surface area contributed by atoms with Crippen molar-refractivity contribution < 1.29 is 9.18 Å². The number of hydrogen-bond acceptors (Lipinski definition) is 5. The molecule has 0 bridgehead atoms. The molecule has 3 aromatic rings. The third-order valence-corrected chi connectivity index (χ3v) is 5.13. The van der Waals surface area contributed by atoms with Crippen LogP contribution in [0.1, 0.15) is 12.8 Å². The Balaban J connectivity index is 1.43. The topological polar surface area (TPSA) is 83.0 Å². The van der Waals surface area contributed by atoms with E-state index in [-0.39, 0.29) is 18.7 Å². The van der Waals surface area contributed by atoms with E-state index in [0.717, 1.165) is 34.9 Å². The van der Waals surface area contributed by atoms with E-state index in [2.05, 4.69) is 25.6 Å². The quantitative estimate of drug-likeness (QED) is 0.694. The average molecular weight is 394 g/mol. The first-order chi connectivity index (χ1) is 14.2. The lowest BCUT2D eigenvalue weighted by Gasteiger charge is -2.32. The molecule has 1 aromatic carbocycles. The fourth-order valence-corrected chi connectivity index (χ4v) is 3.55. The number of anilines is 1. The van der Waals surface area contributed by atoms with Crippen LogP contribution in [0.15, 0.2) is 49.1 Å². The maximum atomic E-state index is 12.6. The van der Waals surface area contributed by atoms with E-state index >= 15 is 0 Å². The molecule has 0 radical (unpaired) electrons. The second kappa shape index (κ2) is 8.91. The van der Waals surface area contributed by atoms with Crippen LogP contribution < -0.4 is 10.6 Å². The van der Waals surface area contributed by atoms with Gasteiger partial charge in [0.1, 0.15) is 12.5 Å². The number of fused-ring (bicyclic) bond motifs is 1. The number of alkyl halides is 1. The third kappa shape index (κ3) is 4.65. The Hall–Kier alpha value is -3.13. The van der Waals surface area contributed by atoms with Crippen LogP contribution in [0.4, 0.5) is 15.0 Å². The van der Waals surface area contributed by atoms with Gasteiger partial charge in [-0.05, 0) is 30.4 Å². The lowest BCUT2D eigenvalue weighted by molar-refractivity contribution is 0.188. The molecule has 2 aromatic heterocycles. The largest absolute Gasteiger partial charge is 0.324 e. The number of aromatic nitrogens is 3. The summed E-state index contributed by atoms with van der Waals surface area (Å²) in [5.74, 6) is 0.511. The summed E-state index contributed by atoms with van der Waals surface area (Å²) in [6.07, 6.45) is 8.41. The molecule has 0 saturated carbocycles. The molecule has 1 saturated heterocycles. The van der Waals surface area contributed by atoms with Gasteiger partial charge in [0.15, 0.2) is 0 Å². The van der Waals surface area contributed by atoms with E-state index in [1.165, 1.54) is 0 Å². The summed E-state index contributed by atoms with van der Waals surface area (Å²) in [6.45, 7) is 1.28. The van der Waals surface area contributed by atoms with Crippen molar-refractivity contribution in [3.05, 3.63) is 49.1 Å². The first kappa shape index (κ1) is 19.2. The Bertz CT molecular complexity index is 975. The number of piperidine rings is 1. The average Bonchev–Trinajstić information content (AvgIpc) is 2.78. The molecule has 3 heterocycles. The van der Waals surface area contributed by atoms with Crippen molar-refractivity contribution >= 4 is 22.6 Å². The summed E-state index contributed by atoms with van der Waals surface area (Å²) in [5, 5.41) is 8.00. The van der Waals surface area contributed by atoms with Crippen LogP contribution in [0.25, 0.3) is 22.0 Å². The third-order valence-electron chi connectivity index (χ3n) is 5.13. The van der Waals surface area contributed by atoms with E-state index in [0.29, 0.717) is 25.5 Å². The lowest BCUT2D eigenvalue weighted by Crippen LogP contribution is -2.46. The van der Waals surface area contributed by atoms with E-state index in [1.807, 2.05) is 24.3 Å². The number of carbonyl (C=O) groups excluding carboxylic acids is 1.